The molecule has 7 heteroatoms. The molecule has 2 atom stereocenters. The van der Waals surface area contributed by atoms with Gasteiger partial charge in [0, 0.05) is 20.6 Å². The summed E-state index contributed by atoms with van der Waals surface area (Å²) in [6, 6.07) is 5.51. The highest BCUT2D eigenvalue weighted by Crippen LogP contribution is 2.40. The lowest BCUT2D eigenvalue weighted by molar-refractivity contribution is 0.202. The number of methoxy groups -OCH3 is 1. The highest BCUT2D eigenvalue weighted by molar-refractivity contribution is 5.78. The fourth-order valence-electron chi connectivity index (χ4n) is 2.85. The molecule has 6 nitrogen and oxygen atoms in total. The average Bonchev–Trinajstić information content (AvgIpc) is 2.93. The molecule has 0 radical (unpaired) electrons. The molecular weight excluding hydrogens is 309 g/mol. The van der Waals surface area contributed by atoms with Gasteiger partial charge in [-0.05, 0) is 26.2 Å². The van der Waals surface area contributed by atoms with Crippen LogP contribution in [0.5, 0.6) is 5.75 Å². The second kappa shape index (κ2) is 7.49. The van der Waals surface area contributed by atoms with Crippen LogP contribution in [0.4, 0.5) is 15.8 Å². The van der Waals surface area contributed by atoms with Crippen LogP contribution >= 0.6 is 0 Å². The first-order valence-electron chi connectivity index (χ1n) is 7.76. The molecule has 0 unspecified atom stereocenters. The number of alkyl halides is 1. The first-order chi connectivity index (χ1) is 11.4. The first kappa shape index (κ1) is 18.0. The van der Waals surface area contributed by atoms with Crippen LogP contribution in [0.2, 0.25) is 0 Å². The fraction of sp³-hybridized carbons (Fsp3) is 0.529. The number of hydrogen-bond donors (Lipinski definition) is 0. The summed E-state index contributed by atoms with van der Waals surface area (Å²) in [5.74, 6) is 0.557. The Morgan fingerprint density at radius 2 is 2.04 bits per heavy atom. The molecule has 2 rings (SSSR count). The zero-order chi connectivity index (χ0) is 17.9. The molecule has 0 aromatic heterocycles. The first-order valence-corrected chi connectivity index (χ1v) is 7.76. The molecule has 1 aromatic rings. The number of ether oxygens (including phenoxy) is 1. The molecule has 0 amide bonds. The van der Waals surface area contributed by atoms with Gasteiger partial charge in [0.25, 0.3) is 0 Å². The van der Waals surface area contributed by atoms with Gasteiger partial charge in [-0.15, -0.1) is 0 Å². The molecule has 0 saturated carbocycles. The number of aliphatic imine (C=N–C) groups is 1. The van der Waals surface area contributed by atoms with Gasteiger partial charge in [0.15, 0.2) is 0 Å². The zero-order valence-electron chi connectivity index (χ0n) is 14.8. The second-order valence-electron chi connectivity index (χ2n) is 6.28. The van der Waals surface area contributed by atoms with Crippen LogP contribution < -0.4 is 9.64 Å². The molecule has 0 aliphatic carbocycles. The van der Waals surface area contributed by atoms with Crippen molar-refractivity contribution in [2.45, 2.75) is 12.2 Å². The summed E-state index contributed by atoms with van der Waals surface area (Å²) in [4.78, 5) is 9.89. The van der Waals surface area contributed by atoms with Crippen molar-refractivity contribution >= 4 is 17.7 Å². The topological polar surface area (TPSA) is 55.1 Å². The van der Waals surface area contributed by atoms with Crippen molar-refractivity contribution < 1.29 is 9.13 Å². The number of hydrogen-bond acceptors (Lipinski definition) is 5. The molecule has 0 spiro atoms. The predicted octanol–water partition coefficient (Wildman–Crippen LogP) is 1.88. The van der Waals surface area contributed by atoms with Gasteiger partial charge in [0.1, 0.15) is 23.6 Å². The van der Waals surface area contributed by atoms with Crippen molar-refractivity contribution in [2.24, 2.45) is 4.99 Å². The molecule has 1 aromatic carbocycles. The molecule has 24 heavy (non-hydrogen) atoms. The van der Waals surface area contributed by atoms with Crippen LogP contribution in [0.1, 0.15) is 5.56 Å². The number of halogens is 1. The molecule has 0 N–H and O–H groups in total. The highest BCUT2D eigenvalue weighted by Gasteiger charge is 2.36. The van der Waals surface area contributed by atoms with Crippen molar-refractivity contribution in [1.82, 2.24) is 9.80 Å². The van der Waals surface area contributed by atoms with E-state index >= 15 is 0 Å². The summed E-state index contributed by atoms with van der Waals surface area (Å²) in [5, 5.41) is 9.66. The summed E-state index contributed by atoms with van der Waals surface area (Å²) in [7, 11) is 8.99. The molecule has 1 aliphatic heterocycles. The molecule has 1 saturated heterocycles. The Balaban J connectivity index is 2.48. The maximum Gasteiger partial charge on any atom is 0.143 e. The number of likely N-dealkylation sites (N-methyl/N-ethyl adjacent to an activating group) is 1. The minimum Gasteiger partial charge on any atom is -0.495 e. The van der Waals surface area contributed by atoms with Gasteiger partial charge in [-0.3, -0.25) is 0 Å². The number of rotatable bonds is 5. The fourth-order valence-corrected chi connectivity index (χ4v) is 2.85. The van der Waals surface area contributed by atoms with E-state index in [4.69, 9.17) is 4.74 Å². The van der Waals surface area contributed by atoms with Crippen molar-refractivity contribution in [3.05, 3.63) is 17.7 Å². The van der Waals surface area contributed by atoms with Crippen LogP contribution in [0.25, 0.3) is 0 Å². The van der Waals surface area contributed by atoms with E-state index in [2.05, 4.69) is 11.1 Å². The van der Waals surface area contributed by atoms with Gasteiger partial charge in [-0.25, -0.2) is 9.38 Å². The van der Waals surface area contributed by atoms with Crippen LogP contribution in [0.3, 0.4) is 0 Å². The summed E-state index contributed by atoms with van der Waals surface area (Å²) < 4.78 is 19.8. The Morgan fingerprint density at radius 1 is 1.33 bits per heavy atom. The lowest BCUT2D eigenvalue weighted by atomic mass is 10.1. The second-order valence-corrected chi connectivity index (χ2v) is 6.28. The molecular formula is C17H24FN5O. The maximum atomic E-state index is 14.4. The highest BCUT2D eigenvalue weighted by atomic mass is 19.1. The van der Waals surface area contributed by atoms with Gasteiger partial charge >= 0.3 is 0 Å². The Labute approximate surface area is 142 Å². The standard InChI is InChI=1S/C17H24FN5O/c1-21(2)11-20-14-6-7-16(24-5)17(12(14)8-19)23-9-13(18)15(10-23)22(3)4/h6-7,11,13,15H,9-10H2,1-5H3/b20-11+/t13-,15+/m0/s1. The Morgan fingerprint density at radius 3 is 2.54 bits per heavy atom. The molecule has 0 bridgehead atoms. The van der Waals surface area contributed by atoms with E-state index in [0.29, 0.717) is 29.2 Å². The third-order valence-corrected chi connectivity index (χ3v) is 4.08. The van der Waals surface area contributed by atoms with E-state index in [1.807, 2.05) is 38.0 Å². The summed E-state index contributed by atoms with van der Waals surface area (Å²) >= 11 is 0. The van der Waals surface area contributed by atoms with E-state index in [1.54, 1.807) is 30.5 Å². The van der Waals surface area contributed by atoms with Crippen LogP contribution in [0, 0.1) is 11.3 Å². The van der Waals surface area contributed by atoms with Crippen LogP contribution in [-0.2, 0) is 0 Å². The minimum absolute atomic E-state index is 0.213. The summed E-state index contributed by atoms with van der Waals surface area (Å²) in [6.07, 6.45) is 0.655. The lowest BCUT2D eigenvalue weighted by Crippen LogP contribution is -2.36. The third kappa shape index (κ3) is 3.60. The third-order valence-electron chi connectivity index (χ3n) is 4.08. The molecule has 1 aliphatic rings. The van der Waals surface area contributed by atoms with E-state index in [0.717, 1.165) is 0 Å². The van der Waals surface area contributed by atoms with Gasteiger partial charge in [-0.1, -0.05) is 0 Å². The summed E-state index contributed by atoms with van der Waals surface area (Å²) in [5.41, 5.74) is 1.56. The normalized spacial score (nSPS) is 20.7. The van der Waals surface area contributed by atoms with Crippen LogP contribution in [-0.4, -0.2) is 76.7 Å². The average molecular weight is 333 g/mol. The number of nitrogens with zero attached hydrogens (tertiary/aromatic N) is 5. The van der Waals surface area contributed by atoms with Crippen molar-refractivity contribution in [3.63, 3.8) is 0 Å². The monoisotopic (exact) mass is 333 g/mol. The number of benzene rings is 1. The van der Waals surface area contributed by atoms with E-state index in [9.17, 15) is 9.65 Å². The Kier molecular flexibility index (Phi) is 5.62. The molecule has 1 fully saturated rings. The number of anilines is 1. The van der Waals surface area contributed by atoms with Crippen molar-refractivity contribution in [1.29, 1.82) is 5.26 Å². The number of nitriles is 1. The SMILES string of the molecule is COc1ccc(/N=C/N(C)C)c(C#N)c1N1C[C@@H](N(C)C)[C@@H](F)C1. The Bertz CT molecular complexity index is 653. The Hall–Kier alpha value is -2.33. The zero-order valence-corrected chi connectivity index (χ0v) is 14.8. The van der Waals surface area contributed by atoms with Gasteiger partial charge in [0.05, 0.1) is 37.4 Å². The van der Waals surface area contributed by atoms with Gasteiger partial charge in [0.2, 0.25) is 0 Å². The van der Waals surface area contributed by atoms with E-state index in [1.165, 1.54) is 0 Å². The molecule has 130 valence electrons. The van der Waals surface area contributed by atoms with E-state index in [-0.39, 0.29) is 12.6 Å². The minimum atomic E-state index is -0.981. The smallest absolute Gasteiger partial charge is 0.143 e. The summed E-state index contributed by atoms with van der Waals surface area (Å²) in [6.45, 7) is 0.731. The van der Waals surface area contributed by atoms with Crippen molar-refractivity contribution in [3.8, 4) is 11.8 Å². The maximum absolute atomic E-state index is 14.4. The van der Waals surface area contributed by atoms with Crippen molar-refractivity contribution in [2.75, 3.05) is 53.3 Å². The quantitative estimate of drug-likeness (QED) is 0.608. The van der Waals surface area contributed by atoms with E-state index < -0.39 is 6.17 Å². The predicted molar refractivity (Wildman–Crippen MR) is 94.1 cm³/mol. The van der Waals surface area contributed by atoms with Gasteiger partial charge < -0.3 is 19.4 Å². The molecule has 1 heterocycles. The van der Waals surface area contributed by atoms with Crippen LogP contribution in [0.15, 0.2) is 17.1 Å². The van der Waals surface area contributed by atoms with Gasteiger partial charge in [-0.2, -0.15) is 5.26 Å². The largest absolute Gasteiger partial charge is 0.495 e. The lowest BCUT2D eigenvalue weighted by Gasteiger charge is -2.24.